The van der Waals surface area contributed by atoms with Crippen molar-refractivity contribution in [1.29, 1.82) is 0 Å². The molecular weight excluding hydrogens is 216 g/mol. The lowest BCUT2D eigenvalue weighted by Gasteiger charge is -2.16. The summed E-state index contributed by atoms with van der Waals surface area (Å²) in [4.78, 5) is 0.588. The van der Waals surface area contributed by atoms with Crippen LogP contribution in [0.4, 0.5) is 0 Å². The Bertz CT molecular complexity index is 376. The molecule has 0 aromatic heterocycles. The Labute approximate surface area is 92.8 Å². The van der Waals surface area contributed by atoms with Crippen molar-refractivity contribution in [3.8, 4) is 23.0 Å². The summed E-state index contributed by atoms with van der Waals surface area (Å²) in [6.45, 7) is 1.71. The first-order valence-corrected chi connectivity index (χ1v) is 5.51. The zero-order chi connectivity index (χ0) is 11.6. The number of phenols is 2. The third-order valence-electron chi connectivity index (χ3n) is 2.16. The van der Waals surface area contributed by atoms with E-state index in [2.05, 4.69) is 0 Å². The van der Waals surface area contributed by atoms with Crippen molar-refractivity contribution < 1.29 is 19.7 Å². The molecule has 0 heterocycles. The minimum absolute atomic E-state index is 0.00264. The van der Waals surface area contributed by atoms with Gasteiger partial charge in [0, 0.05) is 5.56 Å². The molecule has 0 spiro atoms. The summed E-state index contributed by atoms with van der Waals surface area (Å²) >= 11 is 1.34. The highest BCUT2D eigenvalue weighted by Crippen LogP contribution is 2.50. The number of rotatable bonds is 3. The van der Waals surface area contributed by atoms with Crippen molar-refractivity contribution in [2.75, 3.05) is 20.5 Å². The van der Waals surface area contributed by atoms with E-state index in [9.17, 15) is 10.2 Å². The Hall–Kier alpha value is -1.23. The fourth-order valence-electron chi connectivity index (χ4n) is 1.40. The molecule has 0 amide bonds. The lowest BCUT2D eigenvalue weighted by molar-refractivity contribution is 0.311. The van der Waals surface area contributed by atoms with E-state index in [0.717, 1.165) is 0 Å². The number of benzene rings is 1. The normalized spacial score (nSPS) is 10.1. The van der Waals surface area contributed by atoms with Gasteiger partial charge in [-0.05, 0) is 13.2 Å². The van der Waals surface area contributed by atoms with Gasteiger partial charge in [-0.15, -0.1) is 11.8 Å². The molecule has 0 bridgehead atoms. The topological polar surface area (TPSA) is 58.9 Å². The fraction of sp³-hybridized carbons (Fsp3) is 0.400. The van der Waals surface area contributed by atoms with E-state index >= 15 is 0 Å². The smallest absolute Gasteiger partial charge is 0.208 e. The van der Waals surface area contributed by atoms with Gasteiger partial charge in [0.15, 0.2) is 11.5 Å². The lowest BCUT2D eigenvalue weighted by atomic mass is 10.1. The van der Waals surface area contributed by atoms with Crippen LogP contribution in [0.1, 0.15) is 5.56 Å². The van der Waals surface area contributed by atoms with Gasteiger partial charge >= 0.3 is 0 Å². The molecule has 1 aromatic rings. The van der Waals surface area contributed by atoms with Crippen LogP contribution in [0.25, 0.3) is 0 Å². The number of phenolic OH excluding ortho intramolecular Hbond substituents is 2. The van der Waals surface area contributed by atoms with Crippen LogP contribution >= 0.6 is 11.8 Å². The minimum Gasteiger partial charge on any atom is -0.504 e. The van der Waals surface area contributed by atoms with Gasteiger partial charge in [-0.25, -0.2) is 0 Å². The number of hydrogen-bond donors (Lipinski definition) is 2. The maximum atomic E-state index is 9.87. The van der Waals surface area contributed by atoms with E-state index < -0.39 is 0 Å². The largest absolute Gasteiger partial charge is 0.504 e. The second-order valence-corrected chi connectivity index (χ2v) is 3.74. The summed E-state index contributed by atoms with van der Waals surface area (Å²) in [6.07, 6.45) is 1.81. The van der Waals surface area contributed by atoms with Gasteiger partial charge in [0.25, 0.3) is 0 Å². The third-order valence-corrected chi connectivity index (χ3v) is 3.07. The highest BCUT2D eigenvalue weighted by molar-refractivity contribution is 7.98. The van der Waals surface area contributed by atoms with Crippen molar-refractivity contribution >= 4 is 11.8 Å². The molecule has 0 aliphatic carbocycles. The monoisotopic (exact) mass is 230 g/mol. The summed E-state index contributed by atoms with van der Waals surface area (Å²) < 4.78 is 9.98. The molecule has 0 aliphatic rings. The van der Waals surface area contributed by atoms with Crippen LogP contribution < -0.4 is 9.47 Å². The van der Waals surface area contributed by atoms with E-state index in [1.54, 1.807) is 6.92 Å². The molecule has 0 unspecified atom stereocenters. The Morgan fingerprint density at radius 2 is 1.47 bits per heavy atom. The number of methoxy groups -OCH3 is 2. The summed E-state index contributed by atoms with van der Waals surface area (Å²) in [5, 5.41) is 19.7. The van der Waals surface area contributed by atoms with Crippen molar-refractivity contribution in [1.82, 2.24) is 0 Å². The van der Waals surface area contributed by atoms with Crippen LogP contribution in [0.2, 0.25) is 0 Å². The molecule has 4 nitrogen and oxygen atoms in total. The standard InChI is InChI=1S/C10H14O4S/c1-5-6(11)8(13-2)9(14-3)7(12)10(5)15-4/h11-12H,1-4H3. The van der Waals surface area contributed by atoms with Crippen LogP contribution in [0, 0.1) is 6.92 Å². The van der Waals surface area contributed by atoms with Crippen molar-refractivity contribution in [2.24, 2.45) is 0 Å². The van der Waals surface area contributed by atoms with E-state index in [0.29, 0.717) is 10.5 Å². The second kappa shape index (κ2) is 4.53. The summed E-state index contributed by atoms with van der Waals surface area (Å²) in [5.41, 5.74) is 0.581. The molecule has 1 aromatic carbocycles. The van der Waals surface area contributed by atoms with Crippen LogP contribution in [0.3, 0.4) is 0 Å². The van der Waals surface area contributed by atoms with Gasteiger partial charge in [0.1, 0.15) is 0 Å². The Kier molecular flexibility index (Phi) is 3.57. The predicted octanol–water partition coefficient (Wildman–Crippen LogP) is 2.15. The molecular formula is C10H14O4S. The molecule has 5 heteroatoms. The number of ether oxygens (including phenoxy) is 2. The van der Waals surface area contributed by atoms with E-state index in [1.165, 1.54) is 26.0 Å². The number of hydrogen-bond acceptors (Lipinski definition) is 5. The van der Waals surface area contributed by atoms with Crippen molar-refractivity contribution in [3.05, 3.63) is 5.56 Å². The van der Waals surface area contributed by atoms with E-state index in [4.69, 9.17) is 9.47 Å². The number of thioether (sulfide) groups is 1. The second-order valence-electron chi connectivity index (χ2n) is 2.92. The molecule has 0 aliphatic heterocycles. The minimum atomic E-state index is -0.00324. The molecule has 0 saturated heterocycles. The number of aromatic hydroxyl groups is 2. The Balaban J connectivity index is 3.57. The SMILES string of the molecule is COc1c(O)c(C)c(SC)c(O)c1OC. The fourth-order valence-corrected chi connectivity index (χ4v) is 2.09. The molecule has 0 radical (unpaired) electrons. The summed E-state index contributed by atoms with van der Waals surface area (Å²) in [5.74, 6) is 0.309. The van der Waals surface area contributed by atoms with Gasteiger partial charge in [-0.2, -0.15) is 0 Å². The summed E-state index contributed by atoms with van der Waals surface area (Å²) in [7, 11) is 2.83. The van der Waals surface area contributed by atoms with Crippen LogP contribution in [-0.2, 0) is 0 Å². The van der Waals surface area contributed by atoms with Crippen molar-refractivity contribution in [3.63, 3.8) is 0 Å². The molecule has 1 rings (SSSR count). The molecule has 15 heavy (non-hydrogen) atoms. The average Bonchev–Trinajstić information content (AvgIpc) is 2.23. The predicted molar refractivity (Wildman–Crippen MR) is 59.4 cm³/mol. The van der Waals surface area contributed by atoms with Gasteiger partial charge < -0.3 is 19.7 Å². The third kappa shape index (κ3) is 1.79. The van der Waals surface area contributed by atoms with Crippen LogP contribution in [0.15, 0.2) is 4.90 Å². The maximum Gasteiger partial charge on any atom is 0.208 e. The highest BCUT2D eigenvalue weighted by atomic mass is 32.2. The van der Waals surface area contributed by atoms with E-state index in [1.807, 2.05) is 6.26 Å². The van der Waals surface area contributed by atoms with Gasteiger partial charge in [0.05, 0.1) is 19.1 Å². The zero-order valence-electron chi connectivity index (χ0n) is 9.12. The maximum absolute atomic E-state index is 9.87. The van der Waals surface area contributed by atoms with Crippen LogP contribution in [0.5, 0.6) is 23.0 Å². The Morgan fingerprint density at radius 1 is 1.00 bits per heavy atom. The molecule has 84 valence electrons. The molecule has 0 atom stereocenters. The summed E-state index contributed by atoms with van der Waals surface area (Å²) in [6, 6.07) is 0. The van der Waals surface area contributed by atoms with Gasteiger partial charge in [0.2, 0.25) is 11.5 Å². The van der Waals surface area contributed by atoms with Gasteiger partial charge in [-0.3, -0.25) is 0 Å². The van der Waals surface area contributed by atoms with Crippen molar-refractivity contribution in [2.45, 2.75) is 11.8 Å². The first-order valence-electron chi connectivity index (χ1n) is 4.28. The highest BCUT2D eigenvalue weighted by Gasteiger charge is 2.22. The quantitative estimate of drug-likeness (QED) is 0.615. The first-order chi connectivity index (χ1) is 7.08. The molecule has 0 saturated carbocycles. The molecule has 2 N–H and O–H groups in total. The zero-order valence-corrected chi connectivity index (χ0v) is 9.94. The van der Waals surface area contributed by atoms with Crippen LogP contribution in [-0.4, -0.2) is 30.7 Å². The lowest BCUT2D eigenvalue weighted by Crippen LogP contribution is -1.95. The van der Waals surface area contributed by atoms with E-state index in [-0.39, 0.29) is 23.0 Å². The first kappa shape index (κ1) is 11.8. The van der Waals surface area contributed by atoms with Gasteiger partial charge in [-0.1, -0.05) is 0 Å². The average molecular weight is 230 g/mol. The molecule has 0 fully saturated rings. The Morgan fingerprint density at radius 3 is 1.87 bits per heavy atom.